The summed E-state index contributed by atoms with van der Waals surface area (Å²) in [5, 5.41) is 0.522. The number of halogens is 1. The van der Waals surface area contributed by atoms with Crippen molar-refractivity contribution in [2.24, 2.45) is 11.1 Å². The van der Waals surface area contributed by atoms with E-state index in [2.05, 4.69) is 27.0 Å². The van der Waals surface area contributed by atoms with Gasteiger partial charge in [-0.1, -0.05) is 41.2 Å². The summed E-state index contributed by atoms with van der Waals surface area (Å²) in [5.41, 5.74) is 16.1. The highest BCUT2D eigenvalue weighted by molar-refractivity contribution is 8.13. The maximum Gasteiger partial charge on any atom is 0.211 e. The molecule has 37 heavy (non-hydrogen) atoms. The van der Waals surface area contributed by atoms with Crippen LogP contribution in [0.1, 0.15) is 36.9 Å². The van der Waals surface area contributed by atoms with Gasteiger partial charge < -0.3 is 16.4 Å². The van der Waals surface area contributed by atoms with Gasteiger partial charge in [0, 0.05) is 60.6 Å². The Hall–Kier alpha value is -2.79. The Morgan fingerprint density at radius 3 is 2.73 bits per heavy atom. The number of hydrogen-bond acceptors (Lipinski definition) is 9. The monoisotopic (exact) mass is 551 g/mol. The van der Waals surface area contributed by atoms with Gasteiger partial charge in [-0.25, -0.2) is 15.0 Å². The van der Waals surface area contributed by atoms with Gasteiger partial charge in [0.25, 0.3) is 0 Å². The second-order valence-electron chi connectivity index (χ2n) is 9.61. The van der Waals surface area contributed by atoms with Crippen LogP contribution in [-0.4, -0.2) is 37.6 Å². The summed E-state index contributed by atoms with van der Waals surface area (Å²) in [6, 6.07) is 8.11. The third-order valence-corrected chi connectivity index (χ3v) is 9.79. The number of rotatable bonds is 4. The standard InChI is InChI=1S/C26H26ClN7OS2/c1-15(35)36-17-3-2-16-13-26(22(28)18(16)12-17)5-9-33(10-6-26)25-32-14-20(24-31-8-11-34(24)25)37-19-4-7-30-23(29)21(19)27/h2-4,7-8,11-12,14,22H,5-6,9-10,13,28H2,1H3,(H2,29,30)/t22-/m1/s1. The molecule has 1 aliphatic heterocycles. The van der Waals surface area contributed by atoms with Gasteiger partial charge >= 0.3 is 0 Å². The Labute approximate surface area is 228 Å². The van der Waals surface area contributed by atoms with Gasteiger partial charge in [-0.2, -0.15) is 0 Å². The largest absolute Gasteiger partial charge is 0.382 e. The number of carbonyl (C=O) groups excluding carboxylic acids is 1. The summed E-state index contributed by atoms with van der Waals surface area (Å²) in [6.07, 6.45) is 10.1. The van der Waals surface area contributed by atoms with E-state index in [9.17, 15) is 4.79 Å². The molecule has 1 spiro atoms. The summed E-state index contributed by atoms with van der Waals surface area (Å²) in [4.78, 5) is 30.0. The van der Waals surface area contributed by atoms with E-state index in [-0.39, 0.29) is 16.6 Å². The lowest BCUT2D eigenvalue weighted by atomic mass is 9.73. The van der Waals surface area contributed by atoms with E-state index in [1.165, 1.54) is 34.7 Å². The zero-order chi connectivity index (χ0) is 25.7. The van der Waals surface area contributed by atoms with Crippen LogP contribution in [-0.2, 0) is 11.2 Å². The quantitative estimate of drug-likeness (QED) is 0.338. The van der Waals surface area contributed by atoms with Crippen LogP contribution in [0.25, 0.3) is 5.65 Å². The molecule has 1 aromatic carbocycles. The molecular weight excluding hydrogens is 526 g/mol. The van der Waals surface area contributed by atoms with Crippen molar-refractivity contribution in [1.29, 1.82) is 0 Å². The number of benzene rings is 1. The number of nitrogens with two attached hydrogens (primary N) is 2. The van der Waals surface area contributed by atoms with Crippen molar-refractivity contribution >= 4 is 57.7 Å². The van der Waals surface area contributed by atoms with Crippen molar-refractivity contribution < 1.29 is 4.79 Å². The maximum atomic E-state index is 11.6. The molecule has 1 fully saturated rings. The molecule has 0 bridgehead atoms. The zero-order valence-corrected chi connectivity index (χ0v) is 22.6. The van der Waals surface area contributed by atoms with Crippen LogP contribution in [0.15, 0.2) is 63.7 Å². The number of thioether (sulfide) groups is 1. The molecule has 1 atom stereocenters. The van der Waals surface area contributed by atoms with Crippen molar-refractivity contribution in [3.63, 3.8) is 0 Å². The fourth-order valence-corrected chi connectivity index (χ4v) is 7.33. The van der Waals surface area contributed by atoms with Gasteiger partial charge in [0.2, 0.25) is 5.95 Å². The molecule has 4 aromatic rings. The lowest BCUT2D eigenvalue weighted by molar-refractivity contribution is -0.109. The second kappa shape index (κ2) is 9.50. The van der Waals surface area contributed by atoms with Gasteiger partial charge in [-0.15, -0.1) is 0 Å². The van der Waals surface area contributed by atoms with Crippen molar-refractivity contribution in [3.05, 3.63) is 65.2 Å². The van der Waals surface area contributed by atoms with Crippen LogP contribution in [0.5, 0.6) is 0 Å². The number of piperidine rings is 1. The first-order chi connectivity index (χ1) is 17.8. The highest BCUT2D eigenvalue weighted by Gasteiger charge is 2.46. The molecule has 4 N–H and O–H groups in total. The number of nitrogen functional groups attached to an aromatic ring is 1. The first-order valence-corrected chi connectivity index (χ1v) is 14.1. The molecular formula is C26H26ClN7OS2. The summed E-state index contributed by atoms with van der Waals surface area (Å²) in [5.74, 6) is 1.18. The van der Waals surface area contributed by atoms with Crippen molar-refractivity contribution in [1.82, 2.24) is 19.4 Å². The van der Waals surface area contributed by atoms with Gasteiger partial charge in [-0.05, 0) is 54.0 Å². The lowest BCUT2D eigenvalue weighted by Gasteiger charge is -2.42. The number of pyridine rings is 1. The molecule has 1 aliphatic carbocycles. The van der Waals surface area contributed by atoms with E-state index in [4.69, 9.17) is 28.1 Å². The smallest absolute Gasteiger partial charge is 0.211 e. The number of aromatic nitrogens is 4. The topological polar surface area (TPSA) is 115 Å². The van der Waals surface area contributed by atoms with Gasteiger partial charge in [0.1, 0.15) is 5.82 Å². The number of hydrogen-bond donors (Lipinski definition) is 2. The Balaban J connectivity index is 1.22. The van der Waals surface area contributed by atoms with Crippen molar-refractivity contribution in [3.8, 4) is 0 Å². The number of anilines is 2. The van der Waals surface area contributed by atoms with Crippen LogP contribution in [0.3, 0.4) is 0 Å². The summed E-state index contributed by atoms with van der Waals surface area (Å²) >= 11 is 9.11. The van der Waals surface area contributed by atoms with E-state index < -0.39 is 0 Å². The van der Waals surface area contributed by atoms with Crippen LogP contribution < -0.4 is 16.4 Å². The Morgan fingerprint density at radius 2 is 1.95 bits per heavy atom. The van der Waals surface area contributed by atoms with Crippen LogP contribution in [0.2, 0.25) is 5.02 Å². The normalized spacial score (nSPS) is 18.5. The predicted molar refractivity (Wildman–Crippen MR) is 148 cm³/mol. The average molecular weight is 552 g/mol. The molecule has 8 nitrogen and oxygen atoms in total. The molecule has 3 aromatic heterocycles. The fourth-order valence-electron chi connectivity index (χ4n) is 5.54. The fraction of sp³-hybridized carbons (Fsp3) is 0.308. The Morgan fingerprint density at radius 1 is 1.14 bits per heavy atom. The van der Waals surface area contributed by atoms with Crippen molar-refractivity contribution in [2.75, 3.05) is 23.7 Å². The predicted octanol–water partition coefficient (Wildman–Crippen LogP) is 4.99. The molecule has 0 unspecified atom stereocenters. The minimum absolute atomic E-state index is 0.0280. The molecule has 190 valence electrons. The van der Waals surface area contributed by atoms with Crippen LogP contribution in [0.4, 0.5) is 11.8 Å². The number of carbonyl (C=O) groups is 1. The van der Waals surface area contributed by atoms with Crippen LogP contribution >= 0.6 is 35.1 Å². The third-order valence-electron chi connectivity index (χ3n) is 7.43. The van der Waals surface area contributed by atoms with E-state index in [0.717, 1.165) is 58.6 Å². The first-order valence-electron chi connectivity index (χ1n) is 12.1. The van der Waals surface area contributed by atoms with Gasteiger partial charge in [0.15, 0.2) is 10.8 Å². The molecule has 11 heteroatoms. The molecule has 0 radical (unpaired) electrons. The average Bonchev–Trinajstić information content (AvgIpc) is 3.47. The van der Waals surface area contributed by atoms with Crippen LogP contribution in [0, 0.1) is 5.41 Å². The third kappa shape index (κ3) is 4.35. The maximum absolute atomic E-state index is 11.6. The minimum Gasteiger partial charge on any atom is -0.382 e. The number of fused-ring (bicyclic) bond motifs is 2. The molecule has 2 aliphatic rings. The summed E-state index contributed by atoms with van der Waals surface area (Å²) in [6.45, 7) is 3.31. The summed E-state index contributed by atoms with van der Waals surface area (Å²) < 4.78 is 2.04. The number of nitrogens with zero attached hydrogens (tertiary/aromatic N) is 5. The molecule has 0 amide bonds. The highest BCUT2D eigenvalue weighted by Crippen LogP contribution is 2.51. The first kappa shape index (κ1) is 24.5. The zero-order valence-electron chi connectivity index (χ0n) is 20.2. The Kier molecular flexibility index (Phi) is 6.30. The molecule has 0 saturated carbocycles. The molecule has 4 heterocycles. The highest BCUT2D eigenvalue weighted by atomic mass is 35.5. The van der Waals surface area contributed by atoms with E-state index in [1.807, 2.05) is 28.9 Å². The lowest BCUT2D eigenvalue weighted by Crippen LogP contribution is -2.45. The number of imidazole rings is 1. The van der Waals surface area contributed by atoms with Gasteiger partial charge in [0.05, 0.1) is 9.92 Å². The van der Waals surface area contributed by atoms with Crippen molar-refractivity contribution in [2.45, 2.75) is 46.9 Å². The SMILES string of the molecule is CC(=O)Sc1ccc2c(c1)[C@@H](N)C1(CCN(c3ncc(Sc4ccnc(N)c4Cl)c4nccn34)CC1)C2. The molecule has 1 saturated heterocycles. The van der Waals surface area contributed by atoms with Gasteiger partial charge in [-0.3, -0.25) is 9.20 Å². The van der Waals surface area contributed by atoms with E-state index in [1.54, 1.807) is 19.3 Å². The minimum atomic E-state index is -0.0327. The van der Waals surface area contributed by atoms with E-state index in [0.29, 0.717) is 10.8 Å². The second-order valence-corrected chi connectivity index (χ2v) is 12.3. The summed E-state index contributed by atoms with van der Waals surface area (Å²) in [7, 11) is 0. The van der Waals surface area contributed by atoms with E-state index >= 15 is 0 Å². The Bertz CT molecular complexity index is 1520. The molecule has 6 rings (SSSR count).